The molecule has 0 radical (unpaired) electrons. The molecule has 1 aliphatic carbocycles. The largest absolute Gasteiger partial charge is 0.389 e. The fraction of sp³-hybridized carbons (Fsp3) is 0.333. The van der Waals surface area contributed by atoms with Crippen LogP contribution in [0.4, 0.5) is 0 Å². The van der Waals surface area contributed by atoms with Crippen LogP contribution in [0.2, 0.25) is 0 Å². The van der Waals surface area contributed by atoms with Gasteiger partial charge in [-0.2, -0.15) is 0 Å². The topological polar surface area (TPSA) is 41.8 Å². The molecule has 64 valence electrons. The molecule has 0 aromatic rings. The predicted octanol–water partition coefficient (Wildman–Crippen LogP) is 1.02. The number of aliphatic hydroxyl groups excluding tert-OH is 1. The number of allylic oxidation sites excluding steroid dienone is 3. The second-order valence-corrected chi connectivity index (χ2v) is 2.29. The minimum atomic E-state index is -0.484. The highest BCUT2D eigenvalue weighted by Gasteiger charge is 1.97. The van der Waals surface area contributed by atoms with Crippen LogP contribution in [0.5, 0.6) is 0 Å². The van der Waals surface area contributed by atoms with Crippen molar-refractivity contribution in [2.45, 2.75) is 13.0 Å². The van der Waals surface area contributed by atoms with Gasteiger partial charge in [0.05, 0.1) is 6.10 Å². The van der Waals surface area contributed by atoms with Crippen LogP contribution in [-0.2, 0) is 4.84 Å². The van der Waals surface area contributed by atoms with Crippen LogP contribution in [0.15, 0.2) is 35.0 Å². The molecule has 1 rings (SSSR count). The molecule has 0 spiro atoms. The molecule has 0 atom stereocenters. The molecule has 0 aromatic heterocycles. The van der Waals surface area contributed by atoms with E-state index in [1.54, 1.807) is 24.3 Å². The molecule has 1 aliphatic rings. The molecule has 0 amide bonds. The lowest BCUT2D eigenvalue weighted by molar-refractivity contribution is 0.161. The first-order valence-corrected chi connectivity index (χ1v) is 3.82. The first-order chi connectivity index (χ1) is 5.83. The van der Waals surface area contributed by atoms with Gasteiger partial charge >= 0.3 is 0 Å². The molecule has 0 heterocycles. The monoisotopic (exact) mass is 165 g/mol. The third-order valence-electron chi connectivity index (χ3n) is 1.31. The Labute approximate surface area is 71.3 Å². The van der Waals surface area contributed by atoms with Gasteiger partial charge in [0.15, 0.2) is 0 Å². The molecule has 0 aliphatic heterocycles. The van der Waals surface area contributed by atoms with Crippen molar-refractivity contribution in [2.24, 2.45) is 5.16 Å². The van der Waals surface area contributed by atoms with Crippen LogP contribution in [0.3, 0.4) is 0 Å². The Hall–Kier alpha value is -1.31. The van der Waals surface area contributed by atoms with E-state index in [4.69, 9.17) is 9.94 Å². The zero-order valence-corrected chi connectivity index (χ0v) is 6.90. The van der Waals surface area contributed by atoms with E-state index in [-0.39, 0.29) is 0 Å². The molecule has 0 aromatic carbocycles. The van der Waals surface area contributed by atoms with Gasteiger partial charge in [-0.25, -0.2) is 0 Å². The Bertz CT molecular complexity index is 244. The minimum absolute atomic E-state index is 0.484. The fourth-order valence-electron chi connectivity index (χ4n) is 0.748. The summed E-state index contributed by atoms with van der Waals surface area (Å²) >= 11 is 0. The fourth-order valence-corrected chi connectivity index (χ4v) is 0.748. The molecule has 0 saturated carbocycles. The molecular formula is C9H11NO2. The zero-order chi connectivity index (χ0) is 8.81. The normalized spacial score (nSPS) is 20.5. The van der Waals surface area contributed by atoms with E-state index in [1.807, 2.05) is 6.92 Å². The third kappa shape index (κ3) is 2.74. The highest BCUT2D eigenvalue weighted by Crippen LogP contribution is 2.04. The average Bonchev–Trinajstić information content (AvgIpc) is 2.09. The number of hydrogen-bond donors (Lipinski definition) is 1. The smallest absolute Gasteiger partial charge is 0.115 e. The van der Waals surface area contributed by atoms with Crippen molar-refractivity contribution >= 4 is 5.87 Å². The van der Waals surface area contributed by atoms with Crippen LogP contribution < -0.4 is 0 Å². The second-order valence-electron chi connectivity index (χ2n) is 2.29. The molecule has 0 saturated heterocycles. The van der Waals surface area contributed by atoms with E-state index >= 15 is 0 Å². The van der Waals surface area contributed by atoms with Gasteiger partial charge in [0.1, 0.15) is 6.61 Å². The maximum Gasteiger partial charge on any atom is 0.115 e. The molecule has 0 bridgehead atoms. The lowest BCUT2D eigenvalue weighted by Gasteiger charge is -2.01. The third-order valence-corrected chi connectivity index (χ3v) is 1.31. The summed E-state index contributed by atoms with van der Waals surface area (Å²) < 4.78 is 0. The van der Waals surface area contributed by atoms with Crippen LogP contribution in [0.25, 0.3) is 0 Å². The second kappa shape index (κ2) is 4.54. The van der Waals surface area contributed by atoms with E-state index in [1.165, 1.54) is 0 Å². The molecule has 3 heteroatoms. The number of nitrogens with zero attached hydrogens (tertiary/aromatic N) is 1. The Morgan fingerprint density at radius 1 is 1.58 bits per heavy atom. The van der Waals surface area contributed by atoms with E-state index in [2.05, 4.69) is 11.0 Å². The van der Waals surface area contributed by atoms with E-state index < -0.39 is 6.10 Å². The van der Waals surface area contributed by atoms with Gasteiger partial charge in [0, 0.05) is 11.4 Å². The lowest BCUT2D eigenvalue weighted by Crippen LogP contribution is -1.99. The maximum atomic E-state index is 9.02. The summed E-state index contributed by atoms with van der Waals surface area (Å²) in [4.78, 5) is 4.73. The number of hydrogen-bond acceptors (Lipinski definition) is 3. The van der Waals surface area contributed by atoms with Gasteiger partial charge in [-0.1, -0.05) is 12.2 Å². The van der Waals surface area contributed by atoms with E-state index in [0.29, 0.717) is 6.61 Å². The van der Waals surface area contributed by atoms with Crippen LogP contribution in [0, 0.1) is 0 Å². The molecule has 3 nitrogen and oxygen atoms in total. The Morgan fingerprint density at radius 2 is 2.25 bits per heavy atom. The van der Waals surface area contributed by atoms with Gasteiger partial charge in [0.2, 0.25) is 0 Å². The summed E-state index contributed by atoms with van der Waals surface area (Å²) in [5, 5.41) is 12.6. The molecule has 1 N–H and O–H groups in total. The molecule has 0 fully saturated rings. The van der Waals surface area contributed by atoms with Crippen LogP contribution >= 0.6 is 0 Å². The summed E-state index contributed by atoms with van der Waals surface area (Å²) in [7, 11) is 0. The van der Waals surface area contributed by atoms with Crippen molar-refractivity contribution in [1.29, 1.82) is 0 Å². The Morgan fingerprint density at radius 3 is 2.83 bits per heavy atom. The standard InChI is InChI=1S/C9H11NO2/c1-2-12-10-7-8-3-5-9(11)6-4-8/h3-6,9,11H,2H2,1H3. The van der Waals surface area contributed by atoms with Crippen molar-refractivity contribution in [2.75, 3.05) is 6.61 Å². The van der Waals surface area contributed by atoms with E-state index in [0.717, 1.165) is 5.57 Å². The summed E-state index contributed by atoms with van der Waals surface area (Å²) in [5.74, 6) is 2.68. The maximum absolute atomic E-state index is 9.02. The summed E-state index contributed by atoms with van der Waals surface area (Å²) in [6.07, 6.45) is 6.32. The van der Waals surface area contributed by atoms with Gasteiger partial charge in [-0.15, -0.1) is 0 Å². The van der Waals surface area contributed by atoms with Gasteiger partial charge in [-0.05, 0) is 24.2 Å². The predicted molar refractivity (Wildman–Crippen MR) is 46.9 cm³/mol. The van der Waals surface area contributed by atoms with Crippen LogP contribution in [0.1, 0.15) is 6.92 Å². The molecule has 0 unspecified atom stereocenters. The minimum Gasteiger partial charge on any atom is -0.389 e. The Kier molecular flexibility index (Phi) is 3.33. The number of aliphatic hydroxyl groups is 1. The number of rotatable bonds is 2. The van der Waals surface area contributed by atoms with Gasteiger partial charge in [0.25, 0.3) is 0 Å². The van der Waals surface area contributed by atoms with Crippen LogP contribution in [-0.4, -0.2) is 23.7 Å². The lowest BCUT2D eigenvalue weighted by atomic mass is 10.1. The SMILES string of the molecule is CCON=C=C1C=CC(O)C=C1. The quantitative estimate of drug-likeness (QED) is 0.490. The van der Waals surface area contributed by atoms with Crippen molar-refractivity contribution in [3.8, 4) is 0 Å². The van der Waals surface area contributed by atoms with Gasteiger partial charge < -0.3 is 9.94 Å². The highest BCUT2D eigenvalue weighted by atomic mass is 16.6. The molecule has 12 heavy (non-hydrogen) atoms. The van der Waals surface area contributed by atoms with Crippen molar-refractivity contribution in [3.05, 3.63) is 29.9 Å². The first kappa shape index (κ1) is 8.78. The van der Waals surface area contributed by atoms with E-state index in [9.17, 15) is 0 Å². The zero-order valence-electron chi connectivity index (χ0n) is 6.90. The first-order valence-electron chi connectivity index (χ1n) is 3.82. The Balaban J connectivity index is 2.60. The van der Waals surface area contributed by atoms with Gasteiger partial charge in [-0.3, -0.25) is 0 Å². The summed E-state index contributed by atoms with van der Waals surface area (Å²) in [6.45, 7) is 2.39. The average molecular weight is 165 g/mol. The highest BCUT2D eigenvalue weighted by molar-refractivity contribution is 5.66. The van der Waals surface area contributed by atoms with Crippen molar-refractivity contribution < 1.29 is 9.94 Å². The van der Waals surface area contributed by atoms with Crippen molar-refractivity contribution in [3.63, 3.8) is 0 Å². The summed E-state index contributed by atoms with van der Waals surface area (Å²) in [6, 6.07) is 0. The summed E-state index contributed by atoms with van der Waals surface area (Å²) in [5.41, 5.74) is 0.800. The van der Waals surface area contributed by atoms with Crippen molar-refractivity contribution in [1.82, 2.24) is 0 Å². The molecular weight excluding hydrogens is 154 g/mol.